The van der Waals surface area contributed by atoms with Crippen molar-refractivity contribution in [3.05, 3.63) is 71.3 Å². The molecule has 0 saturated carbocycles. The molecule has 0 aromatic heterocycles. The molecule has 2 rings (SSSR count). The average molecular weight is 390 g/mol. The molecule has 0 heterocycles. The van der Waals surface area contributed by atoms with E-state index in [1.54, 1.807) is 44.4 Å². The summed E-state index contributed by atoms with van der Waals surface area (Å²) in [5.74, 6) is -3.69. The lowest BCUT2D eigenvalue weighted by molar-refractivity contribution is -0.159. The molecule has 0 aliphatic rings. The van der Waals surface area contributed by atoms with Crippen LogP contribution in [0.1, 0.15) is 28.4 Å². The minimum atomic E-state index is -1.10. The van der Waals surface area contributed by atoms with Gasteiger partial charge in [0, 0.05) is 32.3 Å². The first-order chi connectivity index (χ1) is 13.3. The predicted molar refractivity (Wildman–Crippen MR) is 97.3 cm³/mol. The zero-order valence-electron chi connectivity index (χ0n) is 15.4. The maximum atomic E-state index is 13.6. The van der Waals surface area contributed by atoms with E-state index in [9.17, 15) is 23.2 Å². The Morgan fingerprint density at radius 1 is 1.07 bits per heavy atom. The molecular weight excluding hydrogens is 370 g/mol. The number of nitrogens with zero attached hydrogens (tertiary/aromatic N) is 1. The summed E-state index contributed by atoms with van der Waals surface area (Å²) in [5.41, 5.74) is 0.187. The van der Waals surface area contributed by atoms with E-state index in [1.165, 1.54) is 4.90 Å². The Labute approximate surface area is 161 Å². The summed E-state index contributed by atoms with van der Waals surface area (Å²) < 4.78 is 31.7. The normalized spacial score (nSPS) is 11.4. The highest BCUT2D eigenvalue weighted by molar-refractivity contribution is 5.94. The van der Waals surface area contributed by atoms with Crippen molar-refractivity contribution in [2.45, 2.75) is 12.5 Å². The molecule has 1 atom stereocenters. The Balaban J connectivity index is 1.94. The molecule has 0 saturated heterocycles. The summed E-state index contributed by atoms with van der Waals surface area (Å²) >= 11 is 0. The summed E-state index contributed by atoms with van der Waals surface area (Å²) in [6.45, 7) is -0.133. The van der Waals surface area contributed by atoms with Crippen LogP contribution in [0, 0.1) is 11.6 Å². The van der Waals surface area contributed by atoms with Crippen molar-refractivity contribution < 1.29 is 27.9 Å². The van der Waals surface area contributed by atoms with Crippen molar-refractivity contribution in [3.8, 4) is 0 Å². The summed E-state index contributed by atoms with van der Waals surface area (Å²) in [6, 6.07) is 11.1. The maximum absolute atomic E-state index is 13.6. The fourth-order valence-electron chi connectivity index (χ4n) is 2.36. The number of rotatable bonds is 7. The smallest absolute Gasteiger partial charge is 0.308 e. The molecule has 0 aliphatic heterocycles. The number of likely N-dealkylation sites (N-methyl/N-ethyl adjacent to an activating group) is 1. The maximum Gasteiger partial charge on any atom is 0.308 e. The largest absolute Gasteiger partial charge is 0.447 e. The summed E-state index contributed by atoms with van der Waals surface area (Å²) in [7, 11) is 3.09. The van der Waals surface area contributed by atoms with Crippen LogP contribution in [0.3, 0.4) is 0 Å². The van der Waals surface area contributed by atoms with Crippen LogP contribution in [0.2, 0.25) is 0 Å². The number of ether oxygens (including phenoxy) is 1. The van der Waals surface area contributed by atoms with E-state index < -0.39 is 35.5 Å². The van der Waals surface area contributed by atoms with E-state index in [2.05, 4.69) is 5.32 Å². The van der Waals surface area contributed by atoms with E-state index in [-0.39, 0.29) is 18.5 Å². The van der Waals surface area contributed by atoms with Gasteiger partial charge in [-0.2, -0.15) is 0 Å². The fraction of sp³-hybridized carbons (Fsp3) is 0.250. The van der Waals surface area contributed by atoms with Crippen LogP contribution in [-0.4, -0.2) is 43.3 Å². The second-order valence-electron chi connectivity index (χ2n) is 6.14. The molecule has 2 aromatic carbocycles. The van der Waals surface area contributed by atoms with Crippen LogP contribution < -0.4 is 5.32 Å². The molecule has 6 nitrogen and oxygen atoms in total. The van der Waals surface area contributed by atoms with Gasteiger partial charge in [0.05, 0.1) is 12.0 Å². The predicted octanol–water partition coefficient (Wildman–Crippen LogP) is 2.46. The van der Waals surface area contributed by atoms with Crippen molar-refractivity contribution in [2.75, 3.05) is 20.6 Å². The third kappa shape index (κ3) is 5.60. The fourth-order valence-corrected chi connectivity index (χ4v) is 2.36. The highest BCUT2D eigenvalue weighted by Crippen LogP contribution is 2.20. The number of benzene rings is 2. The van der Waals surface area contributed by atoms with Crippen LogP contribution in [0.5, 0.6) is 0 Å². The molecule has 0 radical (unpaired) electrons. The number of hydrogen-bond donors (Lipinski definition) is 1. The number of carbonyl (C=O) groups excluding carboxylic acids is 3. The molecule has 2 amide bonds. The number of esters is 1. The van der Waals surface area contributed by atoms with Crippen LogP contribution in [0.15, 0.2) is 48.5 Å². The van der Waals surface area contributed by atoms with Crippen LogP contribution in [-0.2, 0) is 14.3 Å². The second-order valence-corrected chi connectivity index (χ2v) is 6.14. The highest BCUT2D eigenvalue weighted by Gasteiger charge is 2.26. The van der Waals surface area contributed by atoms with Gasteiger partial charge >= 0.3 is 5.97 Å². The number of amides is 2. The molecule has 0 fully saturated rings. The van der Waals surface area contributed by atoms with Crippen LogP contribution >= 0.6 is 0 Å². The Kier molecular flexibility index (Phi) is 7.20. The number of halogens is 2. The van der Waals surface area contributed by atoms with Gasteiger partial charge in [0.25, 0.3) is 11.8 Å². The van der Waals surface area contributed by atoms with E-state index >= 15 is 0 Å². The van der Waals surface area contributed by atoms with E-state index in [4.69, 9.17) is 4.74 Å². The van der Waals surface area contributed by atoms with Crippen molar-refractivity contribution in [3.63, 3.8) is 0 Å². The number of nitrogens with one attached hydrogen (secondary N) is 1. The Bertz CT molecular complexity index is 857. The zero-order valence-corrected chi connectivity index (χ0v) is 15.4. The van der Waals surface area contributed by atoms with Gasteiger partial charge in [-0.1, -0.05) is 30.3 Å². The molecule has 0 spiro atoms. The Hall–Kier alpha value is -3.29. The lowest BCUT2D eigenvalue weighted by Gasteiger charge is -2.21. The van der Waals surface area contributed by atoms with Crippen molar-refractivity contribution >= 4 is 17.8 Å². The van der Waals surface area contributed by atoms with Gasteiger partial charge in [-0.25, -0.2) is 8.78 Å². The van der Waals surface area contributed by atoms with E-state index in [0.717, 1.165) is 12.1 Å². The summed E-state index contributed by atoms with van der Waals surface area (Å²) in [5, 5.41) is 2.36. The quantitative estimate of drug-likeness (QED) is 0.737. The van der Waals surface area contributed by atoms with Gasteiger partial charge in [-0.3, -0.25) is 14.4 Å². The lowest BCUT2D eigenvalue weighted by atomic mass is 10.1. The lowest BCUT2D eigenvalue weighted by Crippen LogP contribution is -2.32. The van der Waals surface area contributed by atoms with Crippen molar-refractivity contribution in [1.82, 2.24) is 10.2 Å². The first kappa shape index (κ1) is 21.0. The second kappa shape index (κ2) is 9.59. The van der Waals surface area contributed by atoms with Crippen molar-refractivity contribution in [1.29, 1.82) is 0 Å². The molecule has 0 aliphatic carbocycles. The summed E-state index contributed by atoms with van der Waals surface area (Å²) in [6.07, 6.45) is -1.33. The average Bonchev–Trinajstić information content (AvgIpc) is 2.66. The molecular formula is C20H20F2N2O4. The van der Waals surface area contributed by atoms with Gasteiger partial charge in [0.15, 0.2) is 0 Å². The van der Waals surface area contributed by atoms with Crippen LogP contribution in [0.25, 0.3) is 0 Å². The van der Waals surface area contributed by atoms with Gasteiger partial charge in [0.2, 0.25) is 6.10 Å². The Morgan fingerprint density at radius 3 is 2.36 bits per heavy atom. The molecule has 148 valence electrons. The molecule has 8 heteroatoms. The first-order valence-electron chi connectivity index (χ1n) is 8.48. The van der Waals surface area contributed by atoms with E-state index in [1.807, 2.05) is 0 Å². The molecule has 0 bridgehead atoms. The first-order valence-corrected chi connectivity index (χ1v) is 8.48. The Morgan fingerprint density at radius 2 is 1.75 bits per heavy atom. The standard InChI is InChI=1S/C20H20F2N2O4/c1-24(2)20(27)18(13-6-4-3-5-7-13)28-17(25)10-11-23-19(26)15-9-8-14(21)12-16(15)22/h3-9,12,18H,10-11H2,1-2H3,(H,23,26). The van der Waals surface area contributed by atoms with E-state index in [0.29, 0.717) is 11.6 Å². The zero-order chi connectivity index (χ0) is 20.7. The van der Waals surface area contributed by atoms with Gasteiger partial charge in [0.1, 0.15) is 11.6 Å². The SMILES string of the molecule is CN(C)C(=O)C(OC(=O)CCNC(=O)c1ccc(F)cc1F)c1ccccc1. The van der Waals surface area contributed by atoms with Gasteiger partial charge in [-0.05, 0) is 12.1 Å². The molecule has 28 heavy (non-hydrogen) atoms. The number of carbonyl (C=O) groups is 3. The molecule has 1 N–H and O–H groups in total. The minimum Gasteiger partial charge on any atom is -0.447 e. The third-order valence-electron chi connectivity index (χ3n) is 3.81. The van der Waals surface area contributed by atoms with Gasteiger partial charge in [-0.15, -0.1) is 0 Å². The summed E-state index contributed by atoms with van der Waals surface area (Å²) in [4.78, 5) is 37.7. The number of hydrogen-bond acceptors (Lipinski definition) is 4. The third-order valence-corrected chi connectivity index (χ3v) is 3.81. The molecule has 2 aromatic rings. The van der Waals surface area contributed by atoms with Crippen LogP contribution in [0.4, 0.5) is 8.78 Å². The topological polar surface area (TPSA) is 75.7 Å². The van der Waals surface area contributed by atoms with Crippen molar-refractivity contribution in [2.24, 2.45) is 0 Å². The minimum absolute atomic E-state index is 0.133. The molecule has 1 unspecified atom stereocenters. The highest BCUT2D eigenvalue weighted by atomic mass is 19.1. The monoisotopic (exact) mass is 390 g/mol. The van der Waals surface area contributed by atoms with Gasteiger partial charge < -0.3 is 15.0 Å².